The molecule has 120 valence electrons. The number of carbonyl (C=O) groups excluding carboxylic acids is 1. The van der Waals surface area contributed by atoms with E-state index in [4.69, 9.17) is 0 Å². The molecule has 1 N–H and O–H groups in total. The third-order valence-corrected chi connectivity index (χ3v) is 4.76. The van der Waals surface area contributed by atoms with Crippen LogP contribution in [0.25, 0.3) is 10.8 Å². The van der Waals surface area contributed by atoms with Crippen molar-refractivity contribution in [2.75, 3.05) is 13.1 Å². The van der Waals surface area contributed by atoms with Gasteiger partial charge in [0.2, 0.25) is 0 Å². The van der Waals surface area contributed by atoms with Crippen molar-refractivity contribution >= 4 is 22.5 Å². The molecule has 1 saturated heterocycles. The Morgan fingerprint density at radius 2 is 1.91 bits per heavy atom. The van der Waals surface area contributed by atoms with E-state index < -0.39 is 5.97 Å². The number of likely N-dealkylation sites (tertiary alicyclic amines) is 1. The van der Waals surface area contributed by atoms with E-state index in [2.05, 4.69) is 0 Å². The monoisotopic (exact) mass is 311 g/mol. The molecular formula is C19H21NO3. The summed E-state index contributed by atoms with van der Waals surface area (Å²) in [5.41, 5.74) is 0.689. The molecule has 2 atom stereocenters. The molecule has 4 heteroatoms. The highest BCUT2D eigenvalue weighted by Gasteiger charge is 2.31. The standard InChI is InChI=1S/C19H21NO3/c1-13(20-10-4-7-17(12-20)19(22)23)18(21)16-9-8-14-5-2-3-6-15(14)11-16/h2-3,5-6,8-9,11,13,17H,4,7,10,12H2,1H3,(H,22,23). The predicted octanol–water partition coefficient (Wildman–Crippen LogP) is 3.21. The molecule has 2 aromatic carbocycles. The molecule has 1 aliphatic rings. The summed E-state index contributed by atoms with van der Waals surface area (Å²) in [6.45, 7) is 3.11. The maximum atomic E-state index is 12.8. The number of carbonyl (C=O) groups is 2. The minimum atomic E-state index is -0.764. The quantitative estimate of drug-likeness (QED) is 0.881. The normalized spacial score (nSPS) is 20.3. The number of piperidine rings is 1. The molecular weight excluding hydrogens is 290 g/mol. The minimum absolute atomic E-state index is 0.0572. The molecule has 0 amide bonds. The maximum Gasteiger partial charge on any atom is 0.307 e. The van der Waals surface area contributed by atoms with Gasteiger partial charge in [0.15, 0.2) is 5.78 Å². The van der Waals surface area contributed by atoms with Crippen LogP contribution < -0.4 is 0 Å². The van der Waals surface area contributed by atoms with Gasteiger partial charge in [-0.15, -0.1) is 0 Å². The highest BCUT2D eigenvalue weighted by Crippen LogP contribution is 2.22. The van der Waals surface area contributed by atoms with Gasteiger partial charge in [0.25, 0.3) is 0 Å². The molecule has 3 rings (SSSR count). The zero-order chi connectivity index (χ0) is 16.4. The van der Waals surface area contributed by atoms with Crippen LogP contribution in [-0.2, 0) is 4.79 Å². The number of hydrogen-bond acceptors (Lipinski definition) is 3. The highest BCUT2D eigenvalue weighted by molar-refractivity contribution is 6.02. The molecule has 23 heavy (non-hydrogen) atoms. The van der Waals surface area contributed by atoms with Gasteiger partial charge in [-0.25, -0.2) is 0 Å². The molecule has 4 nitrogen and oxygen atoms in total. The predicted molar refractivity (Wildman–Crippen MR) is 89.7 cm³/mol. The number of aliphatic carboxylic acids is 1. The average molecular weight is 311 g/mol. The SMILES string of the molecule is CC(C(=O)c1ccc2ccccc2c1)N1CCCC(C(=O)O)C1. The summed E-state index contributed by atoms with van der Waals surface area (Å²) in [6.07, 6.45) is 1.52. The first kappa shape index (κ1) is 15.7. The molecule has 0 radical (unpaired) electrons. The van der Waals surface area contributed by atoms with Crippen LogP contribution in [0.15, 0.2) is 42.5 Å². The summed E-state index contributed by atoms with van der Waals surface area (Å²) in [6, 6.07) is 13.4. The van der Waals surface area contributed by atoms with Crippen molar-refractivity contribution in [1.29, 1.82) is 0 Å². The maximum absolute atomic E-state index is 12.8. The summed E-state index contributed by atoms with van der Waals surface area (Å²) in [4.78, 5) is 26.0. The second-order valence-electron chi connectivity index (χ2n) is 6.27. The van der Waals surface area contributed by atoms with E-state index in [1.54, 1.807) is 0 Å². The average Bonchev–Trinajstić information content (AvgIpc) is 2.60. The van der Waals surface area contributed by atoms with Gasteiger partial charge in [0, 0.05) is 12.1 Å². The van der Waals surface area contributed by atoms with Crippen molar-refractivity contribution in [2.24, 2.45) is 5.92 Å². The fourth-order valence-electron chi connectivity index (χ4n) is 3.31. The number of Topliss-reactive ketones (excluding diaryl/α,β-unsaturated/α-hetero) is 1. The van der Waals surface area contributed by atoms with Gasteiger partial charge in [-0.2, -0.15) is 0 Å². The van der Waals surface area contributed by atoms with E-state index in [0.717, 1.165) is 23.7 Å². The fourth-order valence-corrected chi connectivity index (χ4v) is 3.31. The number of carboxylic acid groups (broad SMARTS) is 1. The Labute approximate surface area is 135 Å². The third kappa shape index (κ3) is 3.27. The summed E-state index contributed by atoms with van der Waals surface area (Å²) >= 11 is 0. The first-order chi connectivity index (χ1) is 11.1. The molecule has 2 unspecified atom stereocenters. The summed E-state index contributed by atoms with van der Waals surface area (Å²) in [5, 5.41) is 11.4. The van der Waals surface area contributed by atoms with E-state index in [1.165, 1.54) is 0 Å². The van der Waals surface area contributed by atoms with Crippen LogP contribution >= 0.6 is 0 Å². The molecule has 0 spiro atoms. The van der Waals surface area contributed by atoms with Gasteiger partial charge in [-0.1, -0.05) is 36.4 Å². The smallest absolute Gasteiger partial charge is 0.307 e. The third-order valence-electron chi connectivity index (χ3n) is 4.76. The largest absolute Gasteiger partial charge is 0.481 e. The molecule has 1 aliphatic heterocycles. The van der Waals surface area contributed by atoms with E-state index in [-0.39, 0.29) is 17.7 Å². The Morgan fingerprint density at radius 1 is 1.17 bits per heavy atom. The first-order valence-electron chi connectivity index (χ1n) is 8.06. The number of hydrogen-bond donors (Lipinski definition) is 1. The first-order valence-corrected chi connectivity index (χ1v) is 8.06. The number of nitrogens with zero attached hydrogens (tertiary/aromatic N) is 1. The molecule has 0 aromatic heterocycles. The molecule has 2 aromatic rings. The van der Waals surface area contributed by atoms with Crippen LogP contribution in [0.1, 0.15) is 30.1 Å². The van der Waals surface area contributed by atoms with Crippen molar-refractivity contribution in [3.8, 4) is 0 Å². The zero-order valence-electron chi connectivity index (χ0n) is 13.2. The van der Waals surface area contributed by atoms with Gasteiger partial charge in [0.1, 0.15) is 0 Å². The van der Waals surface area contributed by atoms with Gasteiger partial charge in [-0.3, -0.25) is 14.5 Å². The minimum Gasteiger partial charge on any atom is -0.481 e. The number of ketones is 1. The van der Waals surface area contributed by atoms with E-state index in [0.29, 0.717) is 18.5 Å². The lowest BCUT2D eigenvalue weighted by Gasteiger charge is -2.34. The van der Waals surface area contributed by atoms with Crippen LogP contribution in [0.4, 0.5) is 0 Å². The van der Waals surface area contributed by atoms with Crippen molar-refractivity contribution in [2.45, 2.75) is 25.8 Å². The van der Waals surface area contributed by atoms with Gasteiger partial charge < -0.3 is 5.11 Å². The Morgan fingerprint density at radius 3 is 2.65 bits per heavy atom. The van der Waals surface area contributed by atoms with Gasteiger partial charge in [0.05, 0.1) is 12.0 Å². The second-order valence-corrected chi connectivity index (χ2v) is 6.27. The number of rotatable bonds is 4. The molecule has 1 fully saturated rings. The zero-order valence-corrected chi connectivity index (χ0v) is 13.2. The van der Waals surface area contributed by atoms with E-state index in [9.17, 15) is 14.7 Å². The number of carboxylic acids is 1. The molecule has 0 bridgehead atoms. The summed E-state index contributed by atoms with van der Waals surface area (Å²) in [7, 11) is 0. The van der Waals surface area contributed by atoms with Crippen LogP contribution in [0.5, 0.6) is 0 Å². The van der Waals surface area contributed by atoms with Crippen molar-refractivity contribution < 1.29 is 14.7 Å². The van der Waals surface area contributed by atoms with Crippen molar-refractivity contribution in [3.63, 3.8) is 0 Å². The lowest BCUT2D eigenvalue weighted by molar-refractivity contribution is -0.143. The topological polar surface area (TPSA) is 57.6 Å². The van der Waals surface area contributed by atoms with Crippen LogP contribution in [0.2, 0.25) is 0 Å². The van der Waals surface area contributed by atoms with E-state index in [1.807, 2.05) is 54.3 Å². The van der Waals surface area contributed by atoms with Crippen LogP contribution in [0.3, 0.4) is 0 Å². The molecule has 0 aliphatic carbocycles. The second kappa shape index (κ2) is 6.50. The van der Waals surface area contributed by atoms with E-state index >= 15 is 0 Å². The molecule has 0 saturated carbocycles. The van der Waals surface area contributed by atoms with Crippen LogP contribution in [0, 0.1) is 5.92 Å². The lowest BCUT2D eigenvalue weighted by Crippen LogP contribution is -2.46. The number of fused-ring (bicyclic) bond motifs is 1. The summed E-state index contributed by atoms with van der Waals surface area (Å²) in [5.74, 6) is -1.07. The summed E-state index contributed by atoms with van der Waals surface area (Å²) < 4.78 is 0. The Hall–Kier alpha value is -2.20. The number of benzene rings is 2. The highest BCUT2D eigenvalue weighted by atomic mass is 16.4. The van der Waals surface area contributed by atoms with Crippen molar-refractivity contribution in [3.05, 3.63) is 48.0 Å². The fraction of sp³-hybridized carbons (Fsp3) is 0.368. The van der Waals surface area contributed by atoms with Gasteiger partial charge >= 0.3 is 5.97 Å². The Balaban J connectivity index is 1.79. The van der Waals surface area contributed by atoms with Gasteiger partial charge in [-0.05, 0) is 43.1 Å². The lowest BCUT2D eigenvalue weighted by atomic mass is 9.94. The van der Waals surface area contributed by atoms with Crippen LogP contribution in [-0.4, -0.2) is 40.9 Å². The molecule has 1 heterocycles. The Bertz CT molecular complexity index is 740. The Kier molecular flexibility index (Phi) is 4.44. The van der Waals surface area contributed by atoms with Crippen molar-refractivity contribution in [1.82, 2.24) is 4.90 Å².